The van der Waals surface area contributed by atoms with Gasteiger partial charge in [0.2, 0.25) is 0 Å². The summed E-state index contributed by atoms with van der Waals surface area (Å²) in [6, 6.07) is 11.9. The van der Waals surface area contributed by atoms with Crippen LogP contribution in [0.2, 0.25) is 0 Å². The van der Waals surface area contributed by atoms with Crippen LogP contribution in [0.15, 0.2) is 48.8 Å². The molecule has 1 aliphatic heterocycles. The summed E-state index contributed by atoms with van der Waals surface area (Å²) < 4.78 is 0. The molecule has 2 N–H and O–H groups in total. The number of hydrogen-bond donors (Lipinski definition) is 2. The van der Waals surface area contributed by atoms with E-state index in [9.17, 15) is 4.79 Å². The molecule has 0 aliphatic carbocycles. The highest BCUT2D eigenvalue weighted by Gasteiger charge is 2.19. The van der Waals surface area contributed by atoms with E-state index in [-0.39, 0.29) is 36.8 Å². The molecular formula is C21H24Cl2N4O. The molecule has 0 spiro atoms. The molecule has 7 heteroatoms. The maximum absolute atomic E-state index is 13.0. The van der Waals surface area contributed by atoms with Crippen LogP contribution >= 0.6 is 24.8 Å². The maximum atomic E-state index is 13.0. The first kappa shape index (κ1) is 22.1. The highest BCUT2D eigenvalue weighted by Crippen LogP contribution is 2.25. The summed E-state index contributed by atoms with van der Waals surface area (Å²) in [6.07, 6.45) is 5.60. The Morgan fingerprint density at radius 3 is 2.79 bits per heavy atom. The van der Waals surface area contributed by atoms with Gasteiger partial charge >= 0.3 is 0 Å². The number of nitrogens with zero attached hydrogens (tertiary/aromatic N) is 2. The molecule has 1 aromatic carbocycles. The van der Waals surface area contributed by atoms with Gasteiger partial charge in [0.1, 0.15) is 0 Å². The molecule has 1 atom stereocenters. The Balaban J connectivity index is 0.00000140. The number of aromatic nitrogens is 2. The van der Waals surface area contributed by atoms with Crippen LogP contribution in [0.3, 0.4) is 0 Å². The molecule has 148 valence electrons. The molecule has 28 heavy (non-hydrogen) atoms. The lowest BCUT2D eigenvalue weighted by molar-refractivity contribution is 0.0932. The van der Waals surface area contributed by atoms with E-state index in [0.717, 1.165) is 53.7 Å². The smallest absolute Gasteiger partial charge is 0.252 e. The summed E-state index contributed by atoms with van der Waals surface area (Å²) in [4.78, 5) is 22.0. The number of amides is 1. The Morgan fingerprint density at radius 1 is 1.21 bits per heavy atom. The first-order chi connectivity index (χ1) is 12.7. The molecule has 0 saturated carbocycles. The van der Waals surface area contributed by atoms with Gasteiger partial charge in [0.05, 0.1) is 16.8 Å². The average molecular weight is 419 g/mol. The molecule has 0 bridgehead atoms. The molecule has 1 fully saturated rings. The number of pyridine rings is 2. The summed E-state index contributed by atoms with van der Waals surface area (Å²) in [5.41, 5.74) is 4.28. The van der Waals surface area contributed by atoms with E-state index in [1.807, 2.05) is 43.3 Å². The minimum Gasteiger partial charge on any atom is -0.348 e. The molecule has 5 nitrogen and oxygen atoms in total. The van der Waals surface area contributed by atoms with Gasteiger partial charge in [0, 0.05) is 35.9 Å². The minimum atomic E-state index is -0.0400. The fourth-order valence-electron chi connectivity index (χ4n) is 3.43. The monoisotopic (exact) mass is 418 g/mol. The predicted octanol–water partition coefficient (Wildman–Crippen LogP) is 3.93. The number of halogens is 2. The largest absolute Gasteiger partial charge is 0.348 e. The molecule has 1 aliphatic rings. The number of benzene rings is 1. The van der Waals surface area contributed by atoms with Gasteiger partial charge < -0.3 is 10.6 Å². The average Bonchev–Trinajstić information content (AvgIpc) is 2.68. The van der Waals surface area contributed by atoms with Gasteiger partial charge in [0.15, 0.2) is 0 Å². The van der Waals surface area contributed by atoms with Crippen LogP contribution in [-0.2, 0) is 0 Å². The van der Waals surface area contributed by atoms with Crippen molar-refractivity contribution in [3.8, 4) is 11.3 Å². The van der Waals surface area contributed by atoms with Crippen molar-refractivity contribution in [1.29, 1.82) is 0 Å². The van der Waals surface area contributed by atoms with Gasteiger partial charge in [-0.1, -0.05) is 11.6 Å². The zero-order valence-electron chi connectivity index (χ0n) is 15.6. The molecular weight excluding hydrogens is 395 g/mol. The van der Waals surface area contributed by atoms with E-state index >= 15 is 0 Å². The van der Waals surface area contributed by atoms with Gasteiger partial charge in [-0.15, -0.1) is 24.8 Å². The summed E-state index contributed by atoms with van der Waals surface area (Å²) in [5.74, 6) is -0.0400. The fourth-order valence-corrected chi connectivity index (χ4v) is 3.43. The van der Waals surface area contributed by atoms with E-state index in [1.54, 1.807) is 12.4 Å². The SMILES string of the molecule is Cc1ccc2nc(-c3cccnc3)cc(C(=O)N[C@H]3CCCNC3)c2c1.Cl.Cl. The van der Waals surface area contributed by atoms with Crippen molar-refractivity contribution in [1.82, 2.24) is 20.6 Å². The fraction of sp³-hybridized carbons (Fsp3) is 0.286. The number of carbonyl (C=O) groups is 1. The van der Waals surface area contributed by atoms with Crippen molar-refractivity contribution >= 4 is 41.6 Å². The minimum absolute atomic E-state index is 0. The second-order valence-electron chi connectivity index (χ2n) is 6.83. The van der Waals surface area contributed by atoms with Crippen molar-refractivity contribution in [2.24, 2.45) is 0 Å². The Hall–Kier alpha value is -2.21. The summed E-state index contributed by atoms with van der Waals surface area (Å²) in [6.45, 7) is 3.87. The molecule has 3 aromatic rings. The van der Waals surface area contributed by atoms with Crippen LogP contribution in [0, 0.1) is 6.92 Å². The summed E-state index contributed by atoms with van der Waals surface area (Å²) in [7, 11) is 0. The van der Waals surface area contributed by atoms with Crippen molar-refractivity contribution < 1.29 is 4.79 Å². The first-order valence-electron chi connectivity index (χ1n) is 9.04. The van der Waals surface area contributed by atoms with Gasteiger partial charge in [0.25, 0.3) is 5.91 Å². The van der Waals surface area contributed by atoms with E-state index < -0.39 is 0 Å². The van der Waals surface area contributed by atoms with Crippen LogP contribution < -0.4 is 10.6 Å². The number of piperidine rings is 1. The number of rotatable bonds is 3. The van der Waals surface area contributed by atoms with Gasteiger partial charge in [-0.3, -0.25) is 9.78 Å². The van der Waals surface area contributed by atoms with Crippen LogP contribution in [0.5, 0.6) is 0 Å². The predicted molar refractivity (Wildman–Crippen MR) is 118 cm³/mol. The second-order valence-corrected chi connectivity index (χ2v) is 6.83. The van der Waals surface area contributed by atoms with Crippen molar-refractivity contribution in [3.63, 3.8) is 0 Å². The molecule has 1 amide bonds. The van der Waals surface area contributed by atoms with E-state index in [4.69, 9.17) is 4.98 Å². The number of fused-ring (bicyclic) bond motifs is 1. The Bertz CT molecular complexity index is 944. The Morgan fingerprint density at radius 2 is 2.07 bits per heavy atom. The summed E-state index contributed by atoms with van der Waals surface area (Å²) in [5, 5.41) is 7.41. The maximum Gasteiger partial charge on any atom is 0.252 e. The number of carbonyl (C=O) groups excluding carboxylic acids is 1. The number of hydrogen-bond acceptors (Lipinski definition) is 4. The summed E-state index contributed by atoms with van der Waals surface area (Å²) >= 11 is 0. The standard InChI is InChI=1S/C21H22N4O.2ClH/c1-14-6-7-19-17(10-14)18(21(26)24-16-5-3-9-23-13-16)11-20(25-19)15-4-2-8-22-12-15;;/h2,4,6-8,10-12,16,23H,3,5,9,13H2,1H3,(H,24,26);2*1H/t16-;;/m0../s1. The van der Waals surface area contributed by atoms with E-state index in [1.165, 1.54) is 0 Å². The second kappa shape index (κ2) is 9.82. The highest BCUT2D eigenvalue weighted by molar-refractivity contribution is 6.07. The molecule has 1 saturated heterocycles. The lowest BCUT2D eigenvalue weighted by atomic mass is 10.0. The van der Waals surface area contributed by atoms with Crippen molar-refractivity contribution in [2.45, 2.75) is 25.8 Å². The lowest BCUT2D eigenvalue weighted by Crippen LogP contribution is -2.45. The lowest BCUT2D eigenvalue weighted by Gasteiger charge is -2.24. The Labute approximate surface area is 177 Å². The van der Waals surface area contributed by atoms with Crippen molar-refractivity contribution in [3.05, 3.63) is 59.9 Å². The normalized spacial score (nSPS) is 16.0. The van der Waals surface area contributed by atoms with Crippen molar-refractivity contribution in [2.75, 3.05) is 13.1 Å². The van der Waals surface area contributed by atoms with Crippen LogP contribution in [-0.4, -0.2) is 35.0 Å². The van der Waals surface area contributed by atoms with E-state index in [2.05, 4.69) is 15.6 Å². The first-order valence-corrected chi connectivity index (χ1v) is 9.04. The molecule has 2 aromatic heterocycles. The third-order valence-corrected chi connectivity index (χ3v) is 4.80. The van der Waals surface area contributed by atoms with Crippen LogP contribution in [0.1, 0.15) is 28.8 Å². The molecule has 4 rings (SSSR count). The molecule has 0 unspecified atom stereocenters. The van der Waals surface area contributed by atoms with Gasteiger partial charge in [-0.2, -0.15) is 0 Å². The van der Waals surface area contributed by atoms with Crippen LogP contribution in [0.25, 0.3) is 22.2 Å². The highest BCUT2D eigenvalue weighted by atomic mass is 35.5. The molecule has 0 radical (unpaired) electrons. The third-order valence-electron chi connectivity index (χ3n) is 4.80. The number of aryl methyl sites for hydroxylation is 1. The number of nitrogens with one attached hydrogen (secondary N) is 2. The van der Waals surface area contributed by atoms with Crippen LogP contribution in [0.4, 0.5) is 0 Å². The molecule has 3 heterocycles. The van der Waals surface area contributed by atoms with Gasteiger partial charge in [-0.25, -0.2) is 4.98 Å². The third kappa shape index (κ3) is 4.79. The Kier molecular flexibility index (Phi) is 7.75. The zero-order chi connectivity index (χ0) is 17.9. The van der Waals surface area contributed by atoms with Gasteiger partial charge in [-0.05, 0) is 56.6 Å². The zero-order valence-corrected chi connectivity index (χ0v) is 17.3. The quantitative estimate of drug-likeness (QED) is 0.675. The van der Waals surface area contributed by atoms with E-state index in [0.29, 0.717) is 5.56 Å². The topological polar surface area (TPSA) is 66.9 Å².